The number of sulfonamides is 1. The van der Waals surface area contributed by atoms with Crippen LogP contribution in [-0.2, 0) is 14.8 Å². The maximum absolute atomic E-state index is 12.8. The Kier molecular flexibility index (Phi) is 3.12. The Morgan fingerprint density at radius 3 is 2.39 bits per heavy atom. The van der Waals surface area contributed by atoms with Crippen molar-refractivity contribution in [1.82, 2.24) is 4.31 Å². The summed E-state index contributed by atoms with van der Waals surface area (Å²) in [7, 11) is -3.88. The number of rotatable bonds is 3. The van der Waals surface area contributed by atoms with Gasteiger partial charge in [0.05, 0.1) is 4.90 Å². The van der Waals surface area contributed by atoms with Crippen molar-refractivity contribution in [3.63, 3.8) is 0 Å². The van der Waals surface area contributed by atoms with Gasteiger partial charge in [0.2, 0.25) is 10.0 Å². The molecule has 0 saturated carbocycles. The van der Waals surface area contributed by atoms with Crippen LogP contribution < -0.4 is 0 Å². The molecule has 1 saturated heterocycles. The summed E-state index contributed by atoms with van der Waals surface area (Å²) in [5, 5.41) is 8.91. The van der Waals surface area contributed by atoms with Crippen molar-refractivity contribution >= 4 is 16.0 Å². The van der Waals surface area contributed by atoms with E-state index in [1.165, 1.54) is 0 Å². The summed E-state index contributed by atoms with van der Waals surface area (Å²) in [6.07, 6.45) is 0.287. The van der Waals surface area contributed by atoms with Crippen molar-refractivity contribution < 1.29 is 22.7 Å². The first-order chi connectivity index (χ1) is 8.34. The third-order valence-corrected chi connectivity index (χ3v) is 5.02. The van der Waals surface area contributed by atoms with Crippen molar-refractivity contribution in [2.24, 2.45) is 0 Å². The van der Waals surface area contributed by atoms with Crippen LogP contribution in [0.5, 0.6) is 0 Å². The van der Waals surface area contributed by atoms with Gasteiger partial charge in [0, 0.05) is 6.04 Å². The molecule has 0 aromatic heterocycles. The number of halogens is 1. The van der Waals surface area contributed by atoms with Gasteiger partial charge in [-0.1, -0.05) is 0 Å². The Morgan fingerprint density at radius 1 is 1.39 bits per heavy atom. The van der Waals surface area contributed by atoms with Gasteiger partial charge in [-0.3, -0.25) is 4.79 Å². The molecule has 98 valence electrons. The Balaban J connectivity index is 2.36. The second-order valence-corrected chi connectivity index (χ2v) is 6.07. The number of carbonyl (C=O) groups is 1. The lowest BCUT2D eigenvalue weighted by atomic mass is 9.99. The minimum atomic E-state index is -3.88. The van der Waals surface area contributed by atoms with Gasteiger partial charge in [-0.05, 0) is 37.6 Å². The number of hydrogen-bond acceptors (Lipinski definition) is 3. The molecule has 1 aliphatic rings. The first-order valence-corrected chi connectivity index (χ1v) is 6.80. The molecule has 0 spiro atoms. The highest BCUT2D eigenvalue weighted by molar-refractivity contribution is 7.89. The van der Waals surface area contributed by atoms with E-state index in [0.29, 0.717) is 0 Å². The van der Waals surface area contributed by atoms with E-state index in [0.717, 1.165) is 28.6 Å². The largest absolute Gasteiger partial charge is 0.480 e. The Morgan fingerprint density at radius 2 is 1.94 bits per heavy atom. The molecule has 1 aromatic carbocycles. The van der Waals surface area contributed by atoms with Crippen LogP contribution in [0.25, 0.3) is 0 Å². The van der Waals surface area contributed by atoms with E-state index in [9.17, 15) is 17.6 Å². The van der Waals surface area contributed by atoms with Crippen molar-refractivity contribution in [3.8, 4) is 0 Å². The zero-order chi connectivity index (χ0) is 13.5. The molecule has 7 heteroatoms. The minimum absolute atomic E-state index is 0.0956. The summed E-state index contributed by atoms with van der Waals surface area (Å²) in [4.78, 5) is 10.8. The quantitative estimate of drug-likeness (QED) is 0.893. The summed E-state index contributed by atoms with van der Waals surface area (Å²) in [6.45, 7) is 1.64. The summed E-state index contributed by atoms with van der Waals surface area (Å²) in [5.41, 5.74) is 0. The molecular weight excluding hydrogens is 261 g/mol. The van der Waals surface area contributed by atoms with E-state index >= 15 is 0 Å². The number of aliphatic carboxylic acids is 1. The number of hydrogen-bond donors (Lipinski definition) is 1. The molecule has 18 heavy (non-hydrogen) atoms. The monoisotopic (exact) mass is 273 g/mol. The van der Waals surface area contributed by atoms with E-state index in [-0.39, 0.29) is 17.4 Å². The summed E-state index contributed by atoms with van der Waals surface area (Å²) in [6, 6.07) is 2.94. The van der Waals surface area contributed by atoms with E-state index in [2.05, 4.69) is 0 Å². The number of carboxylic acids is 1. The van der Waals surface area contributed by atoms with E-state index in [1.54, 1.807) is 6.92 Å². The fourth-order valence-corrected chi connectivity index (χ4v) is 3.84. The molecule has 0 radical (unpaired) electrons. The first kappa shape index (κ1) is 13.0. The average Bonchev–Trinajstić information content (AvgIpc) is 2.25. The Hall–Kier alpha value is -1.47. The predicted molar refractivity (Wildman–Crippen MR) is 60.9 cm³/mol. The average molecular weight is 273 g/mol. The van der Waals surface area contributed by atoms with Gasteiger partial charge in [0.15, 0.2) is 0 Å². The van der Waals surface area contributed by atoms with Crippen molar-refractivity contribution in [1.29, 1.82) is 0 Å². The lowest BCUT2D eigenvalue weighted by Gasteiger charge is -2.42. The van der Waals surface area contributed by atoms with Crippen molar-refractivity contribution in [3.05, 3.63) is 30.1 Å². The maximum atomic E-state index is 12.8. The molecular formula is C11H12FNO4S. The third-order valence-electron chi connectivity index (χ3n) is 2.98. The summed E-state index contributed by atoms with van der Waals surface area (Å²) in [5.74, 6) is -1.71. The van der Waals surface area contributed by atoms with Gasteiger partial charge in [0.25, 0.3) is 0 Å². The predicted octanol–water partition coefficient (Wildman–Crippen LogP) is 1.06. The molecule has 1 heterocycles. The number of carboxylic acid groups (broad SMARTS) is 1. The van der Waals surface area contributed by atoms with E-state index in [4.69, 9.17) is 5.11 Å². The van der Waals surface area contributed by atoms with Crippen molar-refractivity contribution in [2.45, 2.75) is 30.3 Å². The maximum Gasteiger partial charge on any atom is 0.322 e. The van der Waals surface area contributed by atoms with Crippen LogP contribution in [0.1, 0.15) is 13.3 Å². The van der Waals surface area contributed by atoms with Crippen LogP contribution in [0, 0.1) is 5.82 Å². The molecule has 0 amide bonds. The number of nitrogens with zero attached hydrogens (tertiary/aromatic N) is 1. The topological polar surface area (TPSA) is 74.7 Å². The number of benzene rings is 1. The molecule has 0 unspecified atom stereocenters. The van der Waals surface area contributed by atoms with Gasteiger partial charge in [-0.25, -0.2) is 12.8 Å². The normalized spacial score (nSPS) is 24.6. The zero-order valence-electron chi connectivity index (χ0n) is 9.58. The molecule has 2 rings (SSSR count). The van der Waals surface area contributed by atoms with Gasteiger partial charge < -0.3 is 5.11 Å². The Labute approximate surface area is 104 Å². The van der Waals surface area contributed by atoms with E-state index < -0.39 is 27.9 Å². The highest BCUT2D eigenvalue weighted by Crippen LogP contribution is 2.32. The first-order valence-electron chi connectivity index (χ1n) is 5.36. The van der Waals surface area contributed by atoms with E-state index in [1.807, 2.05) is 0 Å². The van der Waals surface area contributed by atoms with Crippen LogP contribution in [0.15, 0.2) is 29.2 Å². The second-order valence-electron chi connectivity index (χ2n) is 4.23. The smallest absolute Gasteiger partial charge is 0.322 e. The fraction of sp³-hybridized carbons (Fsp3) is 0.364. The van der Waals surface area contributed by atoms with Crippen LogP contribution in [-0.4, -0.2) is 35.9 Å². The van der Waals surface area contributed by atoms with Crippen LogP contribution in [0.3, 0.4) is 0 Å². The molecule has 1 N–H and O–H groups in total. The van der Waals surface area contributed by atoms with Gasteiger partial charge >= 0.3 is 5.97 Å². The van der Waals surface area contributed by atoms with Gasteiger partial charge in [-0.2, -0.15) is 4.31 Å². The zero-order valence-corrected chi connectivity index (χ0v) is 10.4. The molecule has 2 atom stereocenters. The standard InChI is InChI=1S/C11H12FNO4S/c1-7-6-10(11(14)15)13(7)18(16,17)9-4-2-8(12)3-5-9/h2-5,7,10H,6H2,1H3,(H,14,15)/t7-,10-/m1/s1. The summed E-state index contributed by atoms with van der Waals surface area (Å²) < 4.78 is 38.1. The van der Waals surface area contributed by atoms with Gasteiger partial charge in [-0.15, -0.1) is 0 Å². The Bertz CT molecular complexity index is 569. The molecule has 1 aromatic rings. The highest BCUT2D eigenvalue weighted by Gasteiger charge is 2.48. The molecule has 0 bridgehead atoms. The van der Waals surface area contributed by atoms with Crippen LogP contribution in [0.2, 0.25) is 0 Å². The van der Waals surface area contributed by atoms with Gasteiger partial charge in [0.1, 0.15) is 11.9 Å². The molecule has 0 aliphatic carbocycles. The SMILES string of the molecule is C[C@@H]1C[C@H](C(=O)O)N1S(=O)(=O)c1ccc(F)cc1. The second kappa shape index (κ2) is 4.33. The fourth-order valence-electron chi connectivity index (χ4n) is 2.04. The van der Waals surface area contributed by atoms with Crippen LogP contribution >= 0.6 is 0 Å². The minimum Gasteiger partial charge on any atom is -0.480 e. The lowest BCUT2D eigenvalue weighted by Crippen LogP contribution is -2.60. The molecule has 1 aliphatic heterocycles. The third kappa shape index (κ3) is 1.99. The van der Waals surface area contributed by atoms with Crippen LogP contribution in [0.4, 0.5) is 4.39 Å². The highest BCUT2D eigenvalue weighted by atomic mass is 32.2. The van der Waals surface area contributed by atoms with Crippen molar-refractivity contribution in [2.75, 3.05) is 0 Å². The summed E-state index contributed by atoms with van der Waals surface area (Å²) >= 11 is 0. The lowest BCUT2D eigenvalue weighted by molar-refractivity contribution is -0.146. The molecule has 1 fully saturated rings. The molecule has 5 nitrogen and oxygen atoms in total.